The number of halogens is 3. The van der Waals surface area contributed by atoms with Gasteiger partial charge in [0.25, 0.3) is 0 Å². The summed E-state index contributed by atoms with van der Waals surface area (Å²) in [6, 6.07) is 1.34. The Morgan fingerprint density at radius 1 is 1.47 bits per heavy atom. The van der Waals surface area contributed by atoms with E-state index < -0.39 is 18.8 Å². The van der Waals surface area contributed by atoms with Gasteiger partial charge in [0.15, 0.2) is 0 Å². The van der Waals surface area contributed by atoms with E-state index in [0.29, 0.717) is 0 Å². The minimum Gasteiger partial charge on any atom is -0.481 e. The second-order valence-corrected chi connectivity index (χ2v) is 3.02. The molecule has 0 saturated carbocycles. The third-order valence-corrected chi connectivity index (χ3v) is 1.95. The standard InChI is InChI=1S/C9H11F3N2O3/c1-16-7-2-5(3-13)6(4-15)8(14-7)17-9(10,11)12/h2,15H,3-4,13H2,1H3. The second kappa shape index (κ2) is 5.19. The highest BCUT2D eigenvalue weighted by molar-refractivity contribution is 5.38. The molecule has 0 radical (unpaired) electrons. The van der Waals surface area contributed by atoms with Crippen LogP contribution in [0.1, 0.15) is 11.1 Å². The maximum absolute atomic E-state index is 12.1. The summed E-state index contributed by atoms with van der Waals surface area (Å²) in [4.78, 5) is 3.48. The van der Waals surface area contributed by atoms with E-state index in [1.165, 1.54) is 13.2 Å². The topological polar surface area (TPSA) is 77.6 Å². The van der Waals surface area contributed by atoms with Crippen molar-refractivity contribution in [2.24, 2.45) is 5.73 Å². The third kappa shape index (κ3) is 3.46. The molecule has 0 aliphatic rings. The fraction of sp³-hybridized carbons (Fsp3) is 0.444. The van der Waals surface area contributed by atoms with Gasteiger partial charge in [-0.15, -0.1) is 13.2 Å². The van der Waals surface area contributed by atoms with Crippen molar-refractivity contribution in [1.29, 1.82) is 0 Å². The Kier molecular flexibility index (Phi) is 4.13. The first kappa shape index (κ1) is 13.5. The van der Waals surface area contributed by atoms with Crippen molar-refractivity contribution in [2.75, 3.05) is 7.11 Å². The molecule has 1 heterocycles. The first-order chi connectivity index (χ1) is 7.91. The summed E-state index contributed by atoms with van der Waals surface area (Å²) < 4.78 is 44.8. The largest absolute Gasteiger partial charge is 0.574 e. The number of aliphatic hydroxyl groups excluding tert-OH is 1. The molecule has 0 aliphatic carbocycles. The Morgan fingerprint density at radius 2 is 2.12 bits per heavy atom. The molecule has 0 amide bonds. The van der Waals surface area contributed by atoms with Crippen molar-refractivity contribution >= 4 is 0 Å². The number of nitrogens with zero attached hydrogens (tertiary/aromatic N) is 1. The summed E-state index contributed by atoms with van der Waals surface area (Å²) >= 11 is 0. The van der Waals surface area contributed by atoms with Crippen LogP contribution in [-0.2, 0) is 13.2 Å². The SMILES string of the molecule is COc1cc(CN)c(CO)c(OC(F)(F)F)n1. The van der Waals surface area contributed by atoms with Crippen LogP contribution >= 0.6 is 0 Å². The number of nitrogens with two attached hydrogens (primary N) is 1. The Balaban J connectivity index is 3.24. The number of ether oxygens (including phenoxy) is 2. The fourth-order valence-electron chi connectivity index (χ4n) is 1.22. The molecule has 1 aromatic rings. The highest BCUT2D eigenvalue weighted by Crippen LogP contribution is 2.29. The number of alkyl halides is 3. The smallest absolute Gasteiger partial charge is 0.481 e. The van der Waals surface area contributed by atoms with Gasteiger partial charge in [-0.05, 0) is 5.56 Å². The number of hydrogen-bond donors (Lipinski definition) is 2. The molecule has 0 aliphatic heterocycles. The molecule has 0 unspecified atom stereocenters. The summed E-state index contributed by atoms with van der Waals surface area (Å²) in [7, 11) is 1.25. The lowest BCUT2D eigenvalue weighted by molar-refractivity contribution is -0.276. The van der Waals surface area contributed by atoms with Crippen LogP contribution < -0.4 is 15.2 Å². The molecule has 0 saturated heterocycles. The van der Waals surface area contributed by atoms with E-state index in [-0.39, 0.29) is 23.6 Å². The van der Waals surface area contributed by atoms with Gasteiger partial charge in [0.1, 0.15) is 0 Å². The number of aliphatic hydroxyl groups is 1. The van der Waals surface area contributed by atoms with Crippen LogP contribution in [0, 0.1) is 0 Å². The number of methoxy groups -OCH3 is 1. The Hall–Kier alpha value is -1.54. The van der Waals surface area contributed by atoms with E-state index in [9.17, 15) is 13.2 Å². The Bertz CT molecular complexity index is 396. The molecule has 0 bridgehead atoms. The van der Waals surface area contributed by atoms with Crippen molar-refractivity contribution in [1.82, 2.24) is 4.98 Å². The predicted molar refractivity (Wildman–Crippen MR) is 51.3 cm³/mol. The van der Waals surface area contributed by atoms with Crippen molar-refractivity contribution in [3.8, 4) is 11.8 Å². The lowest BCUT2D eigenvalue weighted by atomic mass is 10.1. The minimum absolute atomic E-state index is 0.0665. The molecule has 0 atom stereocenters. The first-order valence-electron chi connectivity index (χ1n) is 4.54. The average molecular weight is 252 g/mol. The average Bonchev–Trinajstić information content (AvgIpc) is 2.25. The Labute approximate surface area is 95.0 Å². The van der Waals surface area contributed by atoms with Crippen LogP contribution in [0.4, 0.5) is 13.2 Å². The molecule has 17 heavy (non-hydrogen) atoms. The highest BCUT2D eigenvalue weighted by Gasteiger charge is 2.33. The van der Waals surface area contributed by atoms with Gasteiger partial charge in [-0.1, -0.05) is 0 Å². The van der Waals surface area contributed by atoms with E-state index in [4.69, 9.17) is 15.6 Å². The molecule has 5 nitrogen and oxygen atoms in total. The van der Waals surface area contributed by atoms with E-state index in [2.05, 4.69) is 9.72 Å². The van der Waals surface area contributed by atoms with Gasteiger partial charge in [0.05, 0.1) is 13.7 Å². The molecule has 96 valence electrons. The predicted octanol–water partition coefficient (Wildman–Crippen LogP) is 0.940. The summed E-state index contributed by atoms with van der Waals surface area (Å²) in [5, 5.41) is 9.01. The normalized spacial score (nSPS) is 11.4. The zero-order valence-electron chi connectivity index (χ0n) is 8.91. The van der Waals surface area contributed by atoms with Gasteiger partial charge >= 0.3 is 6.36 Å². The lowest BCUT2D eigenvalue weighted by Crippen LogP contribution is -2.20. The van der Waals surface area contributed by atoms with E-state index in [0.717, 1.165) is 0 Å². The van der Waals surface area contributed by atoms with Crippen LogP contribution in [0.2, 0.25) is 0 Å². The van der Waals surface area contributed by atoms with Crippen molar-refractivity contribution in [3.05, 3.63) is 17.2 Å². The van der Waals surface area contributed by atoms with Gasteiger partial charge in [-0.3, -0.25) is 0 Å². The summed E-state index contributed by atoms with van der Waals surface area (Å²) in [6.07, 6.45) is -4.89. The first-order valence-corrected chi connectivity index (χ1v) is 4.54. The van der Waals surface area contributed by atoms with Gasteiger partial charge in [0, 0.05) is 18.2 Å². The van der Waals surface area contributed by atoms with Gasteiger partial charge in [-0.25, -0.2) is 0 Å². The van der Waals surface area contributed by atoms with E-state index >= 15 is 0 Å². The quantitative estimate of drug-likeness (QED) is 0.833. The van der Waals surface area contributed by atoms with Gasteiger partial charge in [-0.2, -0.15) is 4.98 Å². The van der Waals surface area contributed by atoms with Crippen molar-refractivity contribution in [3.63, 3.8) is 0 Å². The monoisotopic (exact) mass is 252 g/mol. The molecule has 0 aromatic carbocycles. The van der Waals surface area contributed by atoms with Gasteiger partial charge in [0.2, 0.25) is 11.8 Å². The van der Waals surface area contributed by atoms with Crippen molar-refractivity contribution in [2.45, 2.75) is 19.5 Å². The maximum atomic E-state index is 12.1. The van der Waals surface area contributed by atoms with Crippen molar-refractivity contribution < 1.29 is 27.8 Å². The molecule has 0 spiro atoms. The fourth-order valence-corrected chi connectivity index (χ4v) is 1.22. The van der Waals surface area contributed by atoms with E-state index in [1.807, 2.05) is 0 Å². The van der Waals surface area contributed by atoms with E-state index in [1.54, 1.807) is 0 Å². The highest BCUT2D eigenvalue weighted by atomic mass is 19.4. The molecule has 8 heteroatoms. The molecular weight excluding hydrogens is 241 g/mol. The second-order valence-electron chi connectivity index (χ2n) is 3.02. The molecule has 1 aromatic heterocycles. The molecule has 1 rings (SSSR count). The van der Waals surface area contributed by atoms with Crippen LogP contribution in [0.25, 0.3) is 0 Å². The maximum Gasteiger partial charge on any atom is 0.574 e. The van der Waals surface area contributed by atoms with Crippen LogP contribution in [-0.4, -0.2) is 23.6 Å². The number of hydrogen-bond acceptors (Lipinski definition) is 5. The number of pyridine rings is 1. The number of aromatic nitrogens is 1. The van der Waals surface area contributed by atoms with Crippen LogP contribution in [0.3, 0.4) is 0 Å². The molecule has 3 N–H and O–H groups in total. The lowest BCUT2D eigenvalue weighted by Gasteiger charge is -2.14. The van der Waals surface area contributed by atoms with Crippen LogP contribution in [0.15, 0.2) is 6.07 Å². The minimum atomic E-state index is -4.89. The molecule has 0 fully saturated rings. The zero-order chi connectivity index (χ0) is 13.1. The van der Waals surface area contributed by atoms with Crippen LogP contribution in [0.5, 0.6) is 11.8 Å². The Morgan fingerprint density at radius 3 is 2.53 bits per heavy atom. The zero-order valence-corrected chi connectivity index (χ0v) is 8.91. The summed E-state index contributed by atoms with van der Waals surface area (Å²) in [6.45, 7) is -0.724. The van der Waals surface area contributed by atoms with Gasteiger partial charge < -0.3 is 20.3 Å². The summed E-state index contributed by atoms with van der Waals surface area (Å²) in [5.74, 6) is -0.818. The summed E-state index contributed by atoms with van der Waals surface area (Å²) in [5.41, 5.74) is 5.52. The number of rotatable bonds is 4. The molecular formula is C9H11F3N2O3. The third-order valence-electron chi connectivity index (χ3n) is 1.95.